The Kier molecular flexibility index (Phi) is 6.99. The first-order chi connectivity index (χ1) is 8.59. The Morgan fingerprint density at radius 1 is 0.944 bits per heavy atom. The summed E-state index contributed by atoms with van der Waals surface area (Å²) in [4.78, 5) is 0. The molecular formula is C16H26O2. The quantitative estimate of drug-likeness (QED) is 0.696. The van der Waals surface area contributed by atoms with Crippen molar-refractivity contribution < 1.29 is 9.47 Å². The summed E-state index contributed by atoms with van der Waals surface area (Å²) in [5, 5.41) is 0. The normalized spacial score (nSPS) is 13.2. The fraction of sp³-hybridized carbons (Fsp3) is 0.625. The molecule has 0 amide bonds. The average Bonchev–Trinajstić information content (AvgIpc) is 2.34. The van der Waals surface area contributed by atoms with E-state index in [0.717, 1.165) is 13.2 Å². The van der Waals surface area contributed by atoms with Gasteiger partial charge in [-0.3, -0.25) is 0 Å². The molecule has 0 saturated heterocycles. The van der Waals surface area contributed by atoms with Crippen LogP contribution in [-0.2, 0) is 16.1 Å². The molecule has 0 radical (unpaired) electrons. The molecule has 0 aliphatic carbocycles. The second kappa shape index (κ2) is 8.28. The summed E-state index contributed by atoms with van der Waals surface area (Å²) in [6, 6.07) is 10.3. The van der Waals surface area contributed by atoms with Crippen LogP contribution in [0.1, 0.15) is 33.3 Å². The number of hydrogen-bond acceptors (Lipinski definition) is 2. The van der Waals surface area contributed by atoms with E-state index >= 15 is 0 Å². The minimum absolute atomic E-state index is 0.292. The largest absolute Gasteiger partial charge is 0.378 e. The maximum absolute atomic E-state index is 5.80. The second-order valence-electron chi connectivity index (χ2n) is 5.39. The summed E-state index contributed by atoms with van der Waals surface area (Å²) in [7, 11) is 0. The number of rotatable bonds is 8. The summed E-state index contributed by atoms with van der Waals surface area (Å²) in [6.45, 7) is 10.8. The molecule has 0 aliphatic rings. The molecule has 0 spiro atoms. The highest BCUT2D eigenvalue weighted by atomic mass is 16.5. The summed E-state index contributed by atoms with van der Waals surface area (Å²) in [5.74, 6) is 1.05. The van der Waals surface area contributed by atoms with Crippen molar-refractivity contribution in [1.29, 1.82) is 0 Å². The average molecular weight is 250 g/mol. The zero-order valence-electron chi connectivity index (χ0n) is 12.1. The second-order valence-corrected chi connectivity index (χ2v) is 5.39. The summed E-state index contributed by atoms with van der Waals surface area (Å²) in [6.07, 6.45) is 0.292. The lowest BCUT2D eigenvalue weighted by atomic mass is 9.98. The van der Waals surface area contributed by atoms with Crippen molar-refractivity contribution in [2.24, 2.45) is 11.8 Å². The lowest BCUT2D eigenvalue weighted by Crippen LogP contribution is -2.23. The summed E-state index contributed by atoms with van der Waals surface area (Å²) in [5.41, 5.74) is 1.23. The highest BCUT2D eigenvalue weighted by molar-refractivity contribution is 5.13. The lowest BCUT2D eigenvalue weighted by Gasteiger charge is -2.22. The number of ether oxygens (including phenoxy) is 2. The van der Waals surface area contributed by atoms with Gasteiger partial charge >= 0.3 is 0 Å². The molecule has 2 nitrogen and oxygen atoms in total. The fourth-order valence-corrected chi connectivity index (χ4v) is 1.65. The standard InChI is InChI=1S/C16H26O2/c1-13(2)16(12-18-14(3)4)11-17-10-15-8-6-5-7-9-15/h5-9,13-14,16H,10-12H2,1-4H3. The molecule has 1 unspecified atom stereocenters. The van der Waals surface area contributed by atoms with Gasteiger partial charge in [-0.1, -0.05) is 44.2 Å². The van der Waals surface area contributed by atoms with Gasteiger partial charge in [0.15, 0.2) is 0 Å². The third kappa shape index (κ3) is 6.18. The summed E-state index contributed by atoms with van der Waals surface area (Å²) < 4.78 is 11.5. The molecule has 0 aromatic heterocycles. The molecule has 18 heavy (non-hydrogen) atoms. The van der Waals surface area contributed by atoms with Gasteiger partial charge in [-0.2, -0.15) is 0 Å². The van der Waals surface area contributed by atoms with Gasteiger partial charge in [0.1, 0.15) is 0 Å². The predicted molar refractivity (Wildman–Crippen MR) is 75.5 cm³/mol. The zero-order valence-corrected chi connectivity index (χ0v) is 12.1. The van der Waals surface area contributed by atoms with Crippen molar-refractivity contribution in [3.05, 3.63) is 35.9 Å². The molecule has 0 heterocycles. The topological polar surface area (TPSA) is 18.5 Å². The van der Waals surface area contributed by atoms with Crippen LogP contribution in [0, 0.1) is 11.8 Å². The van der Waals surface area contributed by atoms with Crippen LogP contribution in [0.4, 0.5) is 0 Å². The van der Waals surface area contributed by atoms with Crippen molar-refractivity contribution >= 4 is 0 Å². The van der Waals surface area contributed by atoms with Gasteiger partial charge in [-0.15, -0.1) is 0 Å². The molecule has 102 valence electrons. The van der Waals surface area contributed by atoms with Gasteiger partial charge in [0.05, 0.1) is 25.9 Å². The molecule has 1 atom stereocenters. The van der Waals surface area contributed by atoms with Gasteiger partial charge in [0.25, 0.3) is 0 Å². The Morgan fingerprint density at radius 3 is 2.17 bits per heavy atom. The Balaban J connectivity index is 2.29. The highest BCUT2D eigenvalue weighted by Crippen LogP contribution is 2.14. The van der Waals surface area contributed by atoms with Crippen LogP contribution in [0.15, 0.2) is 30.3 Å². The van der Waals surface area contributed by atoms with Crippen LogP contribution < -0.4 is 0 Å². The molecule has 0 aliphatic heterocycles. The van der Waals surface area contributed by atoms with Gasteiger partial charge in [-0.25, -0.2) is 0 Å². The molecule has 0 fully saturated rings. The van der Waals surface area contributed by atoms with Crippen LogP contribution in [0.5, 0.6) is 0 Å². The molecule has 0 saturated carbocycles. The third-order valence-electron chi connectivity index (χ3n) is 3.03. The fourth-order valence-electron chi connectivity index (χ4n) is 1.65. The van der Waals surface area contributed by atoms with E-state index < -0.39 is 0 Å². The minimum Gasteiger partial charge on any atom is -0.378 e. The van der Waals surface area contributed by atoms with Crippen molar-refractivity contribution in [3.8, 4) is 0 Å². The van der Waals surface area contributed by atoms with E-state index in [9.17, 15) is 0 Å². The lowest BCUT2D eigenvalue weighted by molar-refractivity contribution is -0.00517. The maximum Gasteiger partial charge on any atom is 0.0717 e. The van der Waals surface area contributed by atoms with Crippen LogP contribution >= 0.6 is 0 Å². The highest BCUT2D eigenvalue weighted by Gasteiger charge is 2.14. The molecule has 0 bridgehead atoms. The Labute approximate surface area is 111 Å². The van der Waals surface area contributed by atoms with Crippen molar-refractivity contribution in [3.63, 3.8) is 0 Å². The summed E-state index contributed by atoms with van der Waals surface area (Å²) >= 11 is 0. The van der Waals surface area contributed by atoms with Gasteiger partial charge < -0.3 is 9.47 Å². The van der Waals surface area contributed by atoms with E-state index in [1.807, 2.05) is 18.2 Å². The van der Waals surface area contributed by atoms with E-state index in [2.05, 4.69) is 39.8 Å². The van der Waals surface area contributed by atoms with Gasteiger partial charge in [-0.05, 0) is 25.3 Å². The SMILES string of the molecule is CC(C)OCC(COCc1ccccc1)C(C)C. The Hall–Kier alpha value is -0.860. The molecule has 2 heteroatoms. The van der Waals surface area contributed by atoms with Crippen LogP contribution in [-0.4, -0.2) is 19.3 Å². The van der Waals surface area contributed by atoms with Crippen molar-refractivity contribution in [1.82, 2.24) is 0 Å². The third-order valence-corrected chi connectivity index (χ3v) is 3.03. The maximum atomic E-state index is 5.80. The molecule has 1 rings (SSSR count). The van der Waals surface area contributed by atoms with Crippen molar-refractivity contribution in [2.75, 3.05) is 13.2 Å². The molecule has 1 aromatic rings. The smallest absolute Gasteiger partial charge is 0.0717 e. The van der Waals surface area contributed by atoms with Gasteiger partial charge in [0, 0.05) is 5.92 Å². The first kappa shape index (κ1) is 15.2. The first-order valence-corrected chi connectivity index (χ1v) is 6.83. The van der Waals surface area contributed by atoms with E-state index in [1.165, 1.54) is 5.56 Å². The molecule has 1 aromatic carbocycles. The number of hydrogen-bond donors (Lipinski definition) is 0. The van der Waals surface area contributed by atoms with Crippen LogP contribution in [0.2, 0.25) is 0 Å². The van der Waals surface area contributed by atoms with Crippen molar-refractivity contribution in [2.45, 2.75) is 40.4 Å². The monoisotopic (exact) mass is 250 g/mol. The molecule has 0 N–H and O–H groups in total. The molecular weight excluding hydrogens is 224 g/mol. The first-order valence-electron chi connectivity index (χ1n) is 6.83. The number of benzene rings is 1. The van der Waals surface area contributed by atoms with E-state index in [4.69, 9.17) is 9.47 Å². The van der Waals surface area contributed by atoms with E-state index in [0.29, 0.717) is 24.5 Å². The van der Waals surface area contributed by atoms with Crippen LogP contribution in [0.25, 0.3) is 0 Å². The Morgan fingerprint density at radius 2 is 1.61 bits per heavy atom. The minimum atomic E-state index is 0.292. The van der Waals surface area contributed by atoms with Gasteiger partial charge in [0.2, 0.25) is 0 Å². The zero-order chi connectivity index (χ0) is 13.4. The van der Waals surface area contributed by atoms with E-state index in [-0.39, 0.29) is 0 Å². The van der Waals surface area contributed by atoms with Crippen LogP contribution in [0.3, 0.4) is 0 Å². The predicted octanol–water partition coefficient (Wildman–Crippen LogP) is 3.90. The Bertz CT molecular complexity index is 306. The van der Waals surface area contributed by atoms with E-state index in [1.54, 1.807) is 0 Å².